The first-order valence-electron chi connectivity index (χ1n) is 6.44. The van der Waals surface area contributed by atoms with Crippen LogP contribution >= 0.6 is 0 Å². The zero-order chi connectivity index (χ0) is 13.2. The fourth-order valence-corrected chi connectivity index (χ4v) is 2.11. The Morgan fingerprint density at radius 1 is 1.28 bits per heavy atom. The minimum absolute atomic E-state index is 0.141. The van der Waals surface area contributed by atoms with Gasteiger partial charge in [-0.25, -0.2) is 0 Å². The molecule has 0 aliphatic rings. The summed E-state index contributed by atoms with van der Waals surface area (Å²) in [5.74, 6) is 0. The van der Waals surface area contributed by atoms with E-state index >= 15 is 0 Å². The number of nitrogens with one attached hydrogen (secondary N) is 1. The fraction of sp³-hybridized carbons (Fsp3) is 0.375. The molecule has 0 amide bonds. The fourth-order valence-electron chi connectivity index (χ4n) is 2.11. The van der Waals surface area contributed by atoms with E-state index in [1.807, 2.05) is 6.08 Å². The summed E-state index contributed by atoms with van der Waals surface area (Å²) in [5, 5.41) is 4.88. The quantitative estimate of drug-likeness (QED) is 0.809. The minimum Gasteiger partial charge on any atom is -0.343 e. The van der Waals surface area contributed by atoms with Gasteiger partial charge in [0.25, 0.3) is 0 Å². The van der Waals surface area contributed by atoms with Crippen molar-refractivity contribution in [2.45, 2.75) is 39.4 Å². The van der Waals surface area contributed by atoms with E-state index in [0.29, 0.717) is 0 Å². The minimum atomic E-state index is 0.141. The Labute approximate surface area is 109 Å². The first kappa shape index (κ1) is 12.9. The Morgan fingerprint density at radius 3 is 2.67 bits per heavy atom. The van der Waals surface area contributed by atoms with E-state index in [1.54, 1.807) is 0 Å². The van der Waals surface area contributed by atoms with Crippen molar-refractivity contribution in [3.63, 3.8) is 0 Å². The summed E-state index contributed by atoms with van der Waals surface area (Å²) >= 11 is 0. The second-order valence-corrected chi connectivity index (χ2v) is 5.72. The highest BCUT2D eigenvalue weighted by atomic mass is 15.0. The molecule has 1 heterocycles. The van der Waals surface area contributed by atoms with Gasteiger partial charge in [0.2, 0.25) is 0 Å². The lowest BCUT2D eigenvalue weighted by molar-refractivity contribution is 0.425. The summed E-state index contributed by atoms with van der Waals surface area (Å²) in [6, 6.07) is 8.54. The third-order valence-electron chi connectivity index (χ3n) is 3.01. The van der Waals surface area contributed by atoms with Gasteiger partial charge in [0.15, 0.2) is 0 Å². The van der Waals surface area contributed by atoms with Gasteiger partial charge in [-0.1, -0.05) is 24.3 Å². The van der Waals surface area contributed by atoms with Gasteiger partial charge in [-0.05, 0) is 32.4 Å². The summed E-state index contributed by atoms with van der Waals surface area (Å²) < 4.78 is 2.25. The van der Waals surface area contributed by atoms with Crippen LogP contribution in [0.15, 0.2) is 43.1 Å². The third kappa shape index (κ3) is 2.82. The number of para-hydroxylation sites is 1. The van der Waals surface area contributed by atoms with Crippen molar-refractivity contribution in [3.05, 3.63) is 48.7 Å². The second kappa shape index (κ2) is 4.99. The molecule has 0 spiro atoms. The molecule has 0 radical (unpaired) electrons. The van der Waals surface area contributed by atoms with Gasteiger partial charge < -0.3 is 9.88 Å². The number of aromatic nitrogens is 1. The predicted molar refractivity (Wildman–Crippen MR) is 78.7 cm³/mol. The van der Waals surface area contributed by atoms with Gasteiger partial charge in [0.1, 0.15) is 0 Å². The Kier molecular flexibility index (Phi) is 3.58. The van der Waals surface area contributed by atoms with Crippen LogP contribution in [0.4, 0.5) is 0 Å². The van der Waals surface area contributed by atoms with Crippen LogP contribution in [0.25, 0.3) is 10.9 Å². The average Bonchev–Trinajstić information content (AvgIpc) is 2.65. The number of allylic oxidation sites excluding steroid dienone is 1. The van der Waals surface area contributed by atoms with E-state index in [0.717, 1.165) is 13.1 Å². The Morgan fingerprint density at radius 2 is 2.00 bits per heavy atom. The molecule has 0 bridgehead atoms. The third-order valence-corrected chi connectivity index (χ3v) is 3.01. The van der Waals surface area contributed by atoms with Crippen LogP contribution in [0.1, 0.15) is 26.3 Å². The number of benzene rings is 1. The van der Waals surface area contributed by atoms with Crippen LogP contribution in [0.3, 0.4) is 0 Å². The molecule has 1 aromatic heterocycles. The van der Waals surface area contributed by atoms with Crippen LogP contribution in [-0.2, 0) is 13.1 Å². The molecular formula is C16H22N2. The topological polar surface area (TPSA) is 17.0 Å². The van der Waals surface area contributed by atoms with Gasteiger partial charge in [0.05, 0.1) is 0 Å². The normalized spacial score (nSPS) is 11.9. The molecule has 2 heteroatoms. The molecule has 18 heavy (non-hydrogen) atoms. The summed E-state index contributed by atoms with van der Waals surface area (Å²) in [6.07, 6.45) is 4.17. The van der Waals surface area contributed by atoms with Gasteiger partial charge in [-0.15, -0.1) is 6.58 Å². The van der Waals surface area contributed by atoms with E-state index in [9.17, 15) is 0 Å². The molecule has 0 unspecified atom stereocenters. The maximum Gasteiger partial charge on any atom is 0.0486 e. The molecule has 1 aromatic carbocycles. The first-order chi connectivity index (χ1) is 8.51. The maximum absolute atomic E-state index is 3.82. The molecule has 0 atom stereocenters. The predicted octanol–water partition coefficient (Wildman–Crippen LogP) is 3.72. The van der Waals surface area contributed by atoms with Gasteiger partial charge in [0, 0.05) is 35.7 Å². The first-order valence-corrected chi connectivity index (χ1v) is 6.44. The molecule has 2 rings (SSSR count). The monoisotopic (exact) mass is 242 g/mol. The molecule has 0 aliphatic heterocycles. The lowest BCUT2D eigenvalue weighted by Gasteiger charge is -2.20. The largest absolute Gasteiger partial charge is 0.343 e. The molecule has 0 fully saturated rings. The SMILES string of the molecule is C=CCn1cc(CNC(C)(C)C)c2ccccc21. The summed E-state index contributed by atoms with van der Waals surface area (Å²) in [7, 11) is 0. The summed E-state index contributed by atoms with van der Waals surface area (Å²) in [6.45, 7) is 12.1. The number of hydrogen-bond donors (Lipinski definition) is 1. The van der Waals surface area contributed by atoms with Crippen molar-refractivity contribution in [1.82, 2.24) is 9.88 Å². The lowest BCUT2D eigenvalue weighted by Crippen LogP contribution is -2.34. The highest BCUT2D eigenvalue weighted by Gasteiger charge is 2.12. The van der Waals surface area contributed by atoms with Crippen molar-refractivity contribution in [2.75, 3.05) is 0 Å². The van der Waals surface area contributed by atoms with E-state index in [4.69, 9.17) is 0 Å². The van der Waals surface area contributed by atoms with Crippen LogP contribution in [0, 0.1) is 0 Å². The molecule has 0 aliphatic carbocycles. The Balaban J connectivity index is 2.35. The standard InChI is InChI=1S/C16H22N2/c1-5-10-18-12-13(11-17-16(2,3)4)14-8-6-7-9-15(14)18/h5-9,12,17H,1,10-11H2,2-4H3. The number of nitrogens with zero attached hydrogens (tertiary/aromatic N) is 1. The number of hydrogen-bond acceptors (Lipinski definition) is 1. The maximum atomic E-state index is 3.82. The number of fused-ring (bicyclic) bond motifs is 1. The molecular weight excluding hydrogens is 220 g/mol. The summed E-state index contributed by atoms with van der Waals surface area (Å²) in [5.41, 5.74) is 2.77. The average molecular weight is 242 g/mol. The van der Waals surface area contributed by atoms with Crippen LogP contribution in [0.5, 0.6) is 0 Å². The molecule has 2 nitrogen and oxygen atoms in total. The van der Waals surface area contributed by atoms with Crippen molar-refractivity contribution in [3.8, 4) is 0 Å². The molecule has 96 valence electrons. The second-order valence-electron chi connectivity index (χ2n) is 5.72. The van der Waals surface area contributed by atoms with Gasteiger partial charge >= 0.3 is 0 Å². The van der Waals surface area contributed by atoms with Crippen LogP contribution in [-0.4, -0.2) is 10.1 Å². The highest BCUT2D eigenvalue weighted by molar-refractivity contribution is 5.84. The molecule has 1 N–H and O–H groups in total. The van der Waals surface area contributed by atoms with Crippen LogP contribution in [0.2, 0.25) is 0 Å². The Bertz CT molecular complexity index is 544. The smallest absolute Gasteiger partial charge is 0.0486 e. The molecule has 0 saturated carbocycles. The van der Waals surface area contributed by atoms with Gasteiger partial charge in [-0.2, -0.15) is 0 Å². The van der Waals surface area contributed by atoms with Crippen molar-refractivity contribution >= 4 is 10.9 Å². The molecule has 2 aromatic rings. The summed E-state index contributed by atoms with van der Waals surface area (Å²) in [4.78, 5) is 0. The highest BCUT2D eigenvalue weighted by Crippen LogP contribution is 2.21. The van der Waals surface area contributed by atoms with E-state index in [-0.39, 0.29) is 5.54 Å². The number of rotatable bonds is 4. The Hall–Kier alpha value is -1.54. The van der Waals surface area contributed by atoms with Crippen molar-refractivity contribution in [1.29, 1.82) is 0 Å². The lowest BCUT2D eigenvalue weighted by atomic mass is 10.1. The molecule has 0 saturated heterocycles. The van der Waals surface area contributed by atoms with E-state index < -0.39 is 0 Å². The van der Waals surface area contributed by atoms with Crippen molar-refractivity contribution in [2.24, 2.45) is 0 Å². The van der Waals surface area contributed by atoms with Crippen LogP contribution < -0.4 is 5.32 Å². The van der Waals surface area contributed by atoms with E-state index in [2.05, 4.69) is 67.7 Å². The zero-order valence-electron chi connectivity index (χ0n) is 11.5. The van der Waals surface area contributed by atoms with Crippen molar-refractivity contribution < 1.29 is 0 Å². The van der Waals surface area contributed by atoms with E-state index in [1.165, 1.54) is 16.5 Å². The van der Waals surface area contributed by atoms with Gasteiger partial charge in [-0.3, -0.25) is 0 Å². The zero-order valence-corrected chi connectivity index (χ0v) is 11.5.